The molecule has 0 saturated heterocycles. The SMILES string of the molecule is CC(C)(C)c1ccc(C(=O)Oc2c(Br)cc(C(C)(C)c3cc(Br)c(OC(=O)c4ccc(C(C)(C)C)cc4)c(Br)c3)cc2Br)cc1. The monoisotopic (exact) mass is 860 g/mol. The van der Waals surface area contributed by atoms with Crippen molar-refractivity contribution in [1.29, 1.82) is 0 Å². The van der Waals surface area contributed by atoms with Gasteiger partial charge in [0.25, 0.3) is 0 Å². The van der Waals surface area contributed by atoms with E-state index in [4.69, 9.17) is 9.47 Å². The van der Waals surface area contributed by atoms with Crippen LogP contribution in [-0.4, -0.2) is 11.9 Å². The summed E-state index contributed by atoms with van der Waals surface area (Å²) in [6.07, 6.45) is 0. The summed E-state index contributed by atoms with van der Waals surface area (Å²) in [6.45, 7) is 17.0. The number of carbonyl (C=O) groups is 2. The van der Waals surface area contributed by atoms with Crippen LogP contribution in [0.15, 0.2) is 90.7 Å². The maximum absolute atomic E-state index is 13.0. The molecule has 4 nitrogen and oxygen atoms in total. The lowest BCUT2D eigenvalue weighted by Gasteiger charge is -2.28. The lowest BCUT2D eigenvalue weighted by atomic mass is 9.78. The molecule has 0 amide bonds. The number of esters is 2. The van der Waals surface area contributed by atoms with E-state index in [1.807, 2.05) is 48.5 Å². The van der Waals surface area contributed by atoms with Crippen molar-refractivity contribution in [2.45, 2.75) is 71.6 Å². The van der Waals surface area contributed by atoms with Crippen LogP contribution < -0.4 is 9.47 Å². The van der Waals surface area contributed by atoms with Gasteiger partial charge in [0.2, 0.25) is 0 Å². The highest BCUT2D eigenvalue weighted by Crippen LogP contribution is 2.44. The van der Waals surface area contributed by atoms with Crippen LogP contribution in [0.3, 0.4) is 0 Å². The van der Waals surface area contributed by atoms with Crippen molar-refractivity contribution < 1.29 is 19.1 Å². The largest absolute Gasteiger partial charge is 0.421 e. The number of benzene rings is 4. The molecular weight excluding hydrogens is 828 g/mol. The number of ether oxygens (including phenoxy) is 2. The second-order valence-corrected chi connectivity index (χ2v) is 17.0. The van der Waals surface area contributed by atoms with Gasteiger partial charge in [0.1, 0.15) is 0 Å². The van der Waals surface area contributed by atoms with E-state index in [0.717, 1.165) is 22.3 Å². The van der Waals surface area contributed by atoms with E-state index in [1.54, 1.807) is 24.3 Å². The third-order valence-electron chi connectivity index (χ3n) is 7.80. The van der Waals surface area contributed by atoms with Crippen LogP contribution in [0.4, 0.5) is 0 Å². The number of hydrogen-bond donors (Lipinski definition) is 0. The molecule has 0 N–H and O–H groups in total. The summed E-state index contributed by atoms with van der Waals surface area (Å²) in [5.41, 5.74) is 4.68. The van der Waals surface area contributed by atoms with Gasteiger partial charge < -0.3 is 9.47 Å². The Morgan fingerprint density at radius 2 is 0.733 bits per heavy atom. The van der Waals surface area contributed by atoms with E-state index in [2.05, 4.69) is 119 Å². The maximum Gasteiger partial charge on any atom is 0.343 e. The van der Waals surface area contributed by atoms with Crippen LogP contribution in [-0.2, 0) is 16.2 Å². The van der Waals surface area contributed by atoms with E-state index in [9.17, 15) is 9.59 Å². The molecule has 0 unspecified atom stereocenters. The summed E-state index contributed by atoms with van der Waals surface area (Å²) in [7, 11) is 0. The highest BCUT2D eigenvalue weighted by molar-refractivity contribution is 9.11. The molecule has 236 valence electrons. The first-order valence-electron chi connectivity index (χ1n) is 14.4. The van der Waals surface area contributed by atoms with Gasteiger partial charge in [0.05, 0.1) is 29.0 Å². The van der Waals surface area contributed by atoms with Crippen LogP contribution in [0, 0.1) is 0 Å². The fraction of sp³-hybridized carbons (Fsp3) is 0.297. The Bertz CT molecular complexity index is 1570. The molecule has 0 aliphatic rings. The zero-order chi connectivity index (χ0) is 33.5. The third-order valence-corrected chi connectivity index (χ3v) is 10.2. The molecule has 0 aromatic heterocycles. The standard InChI is InChI=1S/C37H36Br4O4/c1-35(2,3)23-13-9-21(10-14-23)33(42)44-31-27(38)17-25(18-28(31)39)37(7,8)26-19-29(40)32(30(41)20-26)45-34(43)22-11-15-24(16-12-22)36(4,5)6/h9-20H,1-8H3. The first-order chi connectivity index (χ1) is 20.8. The Labute approximate surface area is 299 Å². The van der Waals surface area contributed by atoms with Crippen LogP contribution in [0.1, 0.15) is 98.4 Å². The smallest absolute Gasteiger partial charge is 0.343 e. The molecule has 0 radical (unpaired) electrons. The number of carbonyl (C=O) groups excluding carboxylic acids is 2. The van der Waals surface area contributed by atoms with Crippen molar-refractivity contribution in [2.75, 3.05) is 0 Å². The highest BCUT2D eigenvalue weighted by Gasteiger charge is 2.29. The van der Waals surface area contributed by atoms with Crippen LogP contribution >= 0.6 is 63.7 Å². The molecule has 0 aliphatic carbocycles. The fourth-order valence-electron chi connectivity index (χ4n) is 4.72. The Balaban J connectivity index is 1.55. The minimum absolute atomic E-state index is 0.00795. The molecule has 4 aromatic carbocycles. The van der Waals surface area contributed by atoms with Crippen LogP contribution in [0.2, 0.25) is 0 Å². The molecular formula is C37H36Br4O4. The second kappa shape index (κ2) is 13.5. The van der Waals surface area contributed by atoms with Gasteiger partial charge in [0.15, 0.2) is 11.5 Å². The zero-order valence-corrected chi connectivity index (χ0v) is 32.9. The van der Waals surface area contributed by atoms with Crippen LogP contribution in [0.5, 0.6) is 11.5 Å². The Kier molecular flexibility index (Phi) is 10.6. The first kappa shape index (κ1) is 35.6. The van der Waals surface area contributed by atoms with Gasteiger partial charge in [0, 0.05) is 5.41 Å². The molecule has 0 saturated carbocycles. The van der Waals surface area contributed by atoms with E-state index in [1.165, 1.54) is 0 Å². The van der Waals surface area contributed by atoms with E-state index < -0.39 is 17.4 Å². The number of rotatable bonds is 6. The van der Waals surface area contributed by atoms with Gasteiger partial charge in [-0.2, -0.15) is 0 Å². The van der Waals surface area contributed by atoms with Crippen molar-refractivity contribution in [3.05, 3.63) is 124 Å². The Hall–Kier alpha value is -2.26. The minimum Gasteiger partial charge on any atom is -0.421 e. The molecule has 0 atom stereocenters. The first-order valence-corrected chi connectivity index (χ1v) is 17.6. The molecule has 0 bridgehead atoms. The van der Waals surface area contributed by atoms with Crippen LogP contribution in [0.25, 0.3) is 0 Å². The van der Waals surface area contributed by atoms with E-state index in [-0.39, 0.29) is 10.8 Å². The molecule has 0 fully saturated rings. The average Bonchev–Trinajstić information content (AvgIpc) is 2.95. The summed E-state index contributed by atoms with van der Waals surface area (Å²) in [4.78, 5) is 26.0. The van der Waals surface area contributed by atoms with Crippen molar-refractivity contribution in [3.63, 3.8) is 0 Å². The predicted octanol–water partition coefficient (Wildman–Crippen LogP) is 12.1. The van der Waals surface area contributed by atoms with Gasteiger partial charge in [-0.3, -0.25) is 0 Å². The highest BCUT2D eigenvalue weighted by atomic mass is 79.9. The zero-order valence-electron chi connectivity index (χ0n) is 26.6. The quantitative estimate of drug-likeness (QED) is 0.143. The number of hydrogen-bond acceptors (Lipinski definition) is 4. The summed E-state index contributed by atoms with van der Waals surface area (Å²) in [5.74, 6) is -0.0711. The lowest BCUT2D eigenvalue weighted by molar-refractivity contribution is 0.0722. The summed E-state index contributed by atoms with van der Waals surface area (Å²) in [5, 5.41) is 0. The molecule has 4 aromatic rings. The topological polar surface area (TPSA) is 52.6 Å². The van der Waals surface area contributed by atoms with Gasteiger partial charge in [-0.25, -0.2) is 9.59 Å². The summed E-state index contributed by atoms with van der Waals surface area (Å²) in [6, 6.07) is 22.8. The predicted molar refractivity (Wildman–Crippen MR) is 196 cm³/mol. The summed E-state index contributed by atoms with van der Waals surface area (Å²) < 4.78 is 14.2. The van der Waals surface area contributed by atoms with Gasteiger partial charge in [-0.05, 0) is 145 Å². The van der Waals surface area contributed by atoms with Gasteiger partial charge >= 0.3 is 11.9 Å². The molecule has 45 heavy (non-hydrogen) atoms. The Morgan fingerprint density at radius 1 is 0.467 bits per heavy atom. The molecule has 0 heterocycles. The van der Waals surface area contributed by atoms with Gasteiger partial charge in [-0.15, -0.1) is 0 Å². The third kappa shape index (κ3) is 8.19. The summed E-state index contributed by atoms with van der Waals surface area (Å²) >= 11 is 14.5. The maximum atomic E-state index is 13.0. The molecule has 4 rings (SSSR count). The second-order valence-electron chi connectivity index (χ2n) is 13.6. The van der Waals surface area contributed by atoms with Crippen molar-refractivity contribution in [1.82, 2.24) is 0 Å². The van der Waals surface area contributed by atoms with Gasteiger partial charge in [-0.1, -0.05) is 79.7 Å². The number of halogens is 4. The van der Waals surface area contributed by atoms with Crippen molar-refractivity contribution in [2.24, 2.45) is 0 Å². The fourth-order valence-corrected chi connectivity index (χ4v) is 7.42. The van der Waals surface area contributed by atoms with Crippen molar-refractivity contribution >= 4 is 75.7 Å². The van der Waals surface area contributed by atoms with Crippen molar-refractivity contribution in [3.8, 4) is 11.5 Å². The lowest BCUT2D eigenvalue weighted by Crippen LogP contribution is -2.20. The molecule has 8 heteroatoms. The minimum atomic E-state index is -0.479. The average molecular weight is 864 g/mol. The van der Waals surface area contributed by atoms with E-state index in [0.29, 0.717) is 40.5 Å². The molecule has 0 spiro atoms. The normalized spacial score (nSPS) is 12.2. The molecule has 0 aliphatic heterocycles. The van der Waals surface area contributed by atoms with E-state index >= 15 is 0 Å². The Morgan fingerprint density at radius 3 is 0.978 bits per heavy atom.